The summed E-state index contributed by atoms with van der Waals surface area (Å²) in [6.45, 7) is 1.61. The molecular weight excluding hydrogens is 301 g/mol. The Hall–Kier alpha value is -2.09. The second kappa shape index (κ2) is 5.60. The van der Waals surface area contributed by atoms with Crippen molar-refractivity contribution in [1.29, 1.82) is 0 Å². The molecule has 0 saturated heterocycles. The van der Waals surface area contributed by atoms with E-state index in [1.54, 1.807) is 6.92 Å². The van der Waals surface area contributed by atoms with Crippen molar-refractivity contribution in [3.63, 3.8) is 0 Å². The monoisotopic (exact) mass is 316 g/mol. The minimum absolute atomic E-state index is 0.0235. The Morgan fingerprint density at radius 3 is 2.45 bits per heavy atom. The Labute approximate surface area is 125 Å². The molecule has 1 aromatic rings. The van der Waals surface area contributed by atoms with Gasteiger partial charge < -0.3 is 9.84 Å². The molecule has 1 amide bonds. The van der Waals surface area contributed by atoms with Gasteiger partial charge in [-0.05, 0) is 30.7 Å². The van der Waals surface area contributed by atoms with Gasteiger partial charge in [-0.1, -0.05) is 6.92 Å². The molecule has 5 nitrogen and oxygen atoms in total. The number of benzene rings is 1. The molecule has 0 saturated carbocycles. The highest BCUT2D eigenvalue weighted by Crippen LogP contribution is 2.41. The molecule has 2 rings (SSSR count). The largest absolute Gasteiger partial charge is 0.497 e. The number of aliphatic hydroxyl groups is 1. The van der Waals surface area contributed by atoms with Gasteiger partial charge in [-0.15, -0.1) is 0 Å². The van der Waals surface area contributed by atoms with Gasteiger partial charge in [0.15, 0.2) is 0 Å². The minimum atomic E-state index is -5.00. The van der Waals surface area contributed by atoms with Crippen molar-refractivity contribution < 1.29 is 27.8 Å². The van der Waals surface area contributed by atoms with Crippen molar-refractivity contribution >= 4 is 11.6 Å². The highest BCUT2D eigenvalue weighted by atomic mass is 19.4. The zero-order valence-corrected chi connectivity index (χ0v) is 12.0. The van der Waals surface area contributed by atoms with Gasteiger partial charge in [0.25, 0.3) is 11.6 Å². The summed E-state index contributed by atoms with van der Waals surface area (Å²) in [5.74, 6) is -0.562. The number of carbonyl (C=O) groups excluding carboxylic acids is 1. The molecule has 22 heavy (non-hydrogen) atoms. The molecule has 0 radical (unpaired) electrons. The number of alkyl halides is 3. The zero-order chi connectivity index (χ0) is 16.5. The van der Waals surface area contributed by atoms with Crippen LogP contribution in [0.4, 0.5) is 13.2 Å². The lowest BCUT2D eigenvalue weighted by Crippen LogP contribution is -2.56. The van der Waals surface area contributed by atoms with Crippen molar-refractivity contribution in [3.05, 3.63) is 29.8 Å². The van der Waals surface area contributed by atoms with E-state index < -0.39 is 24.2 Å². The molecule has 1 aliphatic heterocycles. The SMILES string of the molecule is CCC1=NN(C(=O)c2ccc(OC)cc2)[C@](O)(C(F)(F)F)C1. The maximum atomic E-state index is 13.2. The summed E-state index contributed by atoms with van der Waals surface area (Å²) in [6.07, 6.45) is -5.53. The number of methoxy groups -OCH3 is 1. The molecular formula is C14H15F3N2O3. The second-order valence-corrected chi connectivity index (χ2v) is 4.86. The van der Waals surface area contributed by atoms with Crippen LogP contribution in [0, 0.1) is 0 Å². The van der Waals surface area contributed by atoms with Gasteiger partial charge in [-0.3, -0.25) is 4.79 Å². The smallest absolute Gasteiger partial charge is 0.438 e. The van der Waals surface area contributed by atoms with Gasteiger partial charge in [-0.2, -0.15) is 23.3 Å². The average Bonchev–Trinajstić information content (AvgIpc) is 2.85. The van der Waals surface area contributed by atoms with Crippen LogP contribution in [0.25, 0.3) is 0 Å². The van der Waals surface area contributed by atoms with Crippen LogP contribution in [-0.2, 0) is 0 Å². The molecule has 0 aromatic heterocycles. The fourth-order valence-electron chi connectivity index (χ4n) is 2.10. The predicted molar refractivity (Wildman–Crippen MR) is 72.5 cm³/mol. The Morgan fingerprint density at radius 2 is 2.00 bits per heavy atom. The third-order valence-electron chi connectivity index (χ3n) is 3.43. The van der Waals surface area contributed by atoms with E-state index in [9.17, 15) is 23.1 Å². The summed E-state index contributed by atoms with van der Waals surface area (Å²) < 4.78 is 44.4. The molecule has 1 aliphatic rings. The fourth-order valence-corrected chi connectivity index (χ4v) is 2.10. The molecule has 8 heteroatoms. The quantitative estimate of drug-likeness (QED) is 0.932. The van der Waals surface area contributed by atoms with Crippen LogP contribution in [-0.4, -0.2) is 40.7 Å². The number of hydrogen-bond donors (Lipinski definition) is 1. The molecule has 0 fully saturated rings. The first-order chi connectivity index (χ1) is 10.2. The van der Waals surface area contributed by atoms with Crippen LogP contribution in [0.2, 0.25) is 0 Å². The minimum Gasteiger partial charge on any atom is -0.497 e. The highest BCUT2D eigenvalue weighted by molar-refractivity contribution is 5.98. The van der Waals surface area contributed by atoms with Crippen LogP contribution in [0.15, 0.2) is 29.4 Å². The fraction of sp³-hybridized carbons (Fsp3) is 0.429. The van der Waals surface area contributed by atoms with Crippen molar-refractivity contribution in [2.24, 2.45) is 5.10 Å². The molecule has 0 spiro atoms. The van der Waals surface area contributed by atoms with Gasteiger partial charge >= 0.3 is 6.18 Å². The predicted octanol–water partition coefficient (Wildman–Crippen LogP) is 2.56. The van der Waals surface area contributed by atoms with E-state index in [2.05, 4.69) is 5.10 Å². The topological polar surface area (TPSA) is 62.1 Å². The van der Waals surface area contributed by atoms with Crippen molar-refractivity contribution in [2.45, 2.75) is 31.7 Å². The van der Waals surface area contributed by atoms with Gasteiger partial charge in [0, 0.05) is 17.7 Å². The summed E-state index contributed by atoms with van der Waals surface area (Å²) in [6, 6.07) is 5.52. The number of hydrogen-bond acceptors (Lipinski definition) is 4. The molecule has 0 unspecified atom stereocenters. The number of amides is 1. The number of ether oxygens (including phenoxy) is 1. The van der Waals surface area contributed by atoms with E-state index in [1.807, 2.05) is 0 Å². The first-order valence-electron chi connectivity index (χ1n) is 6.57. The lowest BCUT2D eigenvalue weighted by molar-refractivity contribution is -0.297. The molecule has 0 bridgehead atoms. The average molecular weight is 316 g/mol. The maximum absolute atomic E-state index is 13.2. The normalized spacial score (nSPS) is 21.7. The van der Waals surface area contributed by atoms with Crippen molar-refractivity contribution in [2.75, 3.05) is 7.11 Å². The first kappa shape index (κ1) is 16.3. The summed E-state index contributed by atoms with van der Waals surface area (Å²) in [7, 11) is 1.43. The van der Waals surface area contributed by atoms with E-state index in [-0.39, 0.29) is 22.7 Å². The lowest BCUT2D eigenvalue weighted by Gasteiger charge is -2.32. The van der Waals surface area contributed by atoms with Crippen molar-refractivity contribution in [3.8, 4) is 5.75 Å². The maximum Gasteiger partial charge on any atom is 0.438 e. The summed E-state index contributed by atoms with van der Waals surface area (Å²) in [5.41, 5.74) is -3.22. The molecule has 1 N–H and O–H groups in total. The Morgan fingerprint density at radius 1 is 1.41 bits per heavy atom. The van der Waals surface area contributed by atoms with E-state index in [0.717, 1.165) is 0 Å². The first-order valence-corrected chi connectivity index (χ1v) is 6.57. The van der Waals surface area contributed by atoms with Gasteiger partial charge in [-0.25, -0.2) is 0 Å². The van der Waals surface area contributed by atoms with E-state index in [1.165, 1.54) is 31.4 Å². The number of halogens is 3. The summed E-state index contributed by atoms with van der Waals surface area (Å²) >= 11 is 0. The highest BCUT2D eigenvalue weighted by Gasteiger charge is 2.63. The van der Waals surface area contributed by atoms with Crippen LogP contribution in [0.5, 0.6) is 5.75 Å². The summed E-state index contributed by atoms with van der Waals surface area (Å²) in [5, 5.41) is 13.7. The number of carbonyl (C=O) groups is 1. The van der Waals surface area contributed by atoms with Gasteiger partial charge in [0.05, 0.1) is 7.11 Å². The van der Waals surface area contributed by atoms with Crippen LogP contribution in [0.3, 0.4) is 0 Å². The number of nitrogens with zero attached hydrogens (tertiary/aromatic N) is 2. The van der Waals surface area contributed by atoms with Crippen LogP contribution in [0.1, 0.15) is 30.1 Å². The Balaban J connectivity index is 2.37. The van der Waals surface area contributed by atoms with Crippen LogP contribution >= 0.6 is 0 Å². The lowest BCUT2D eigenvalue weighted by atomic mass is 10.0. The second-order valence-electron chi connectivity index (χ2n) is 4.86. The van der Waals surface area contributed by atoms with E-state index in [4.69, 9.17) is 4.74 Å². The standard InChI is InChI=1S/C14H15F3N2O3/c1-3-10-8-13(21,14(15,16)17)19(18-10)12(20)9-4-6-11(22-2)7-5-9/h4-7,21H,3,8H2,1-2H3/t13-/m1/s1. The molecule has 1 aromatic carbocycles. The molecule has 1 heterocycles. The van der Waals surface area contributed by atoms with Gasteiger partial charge in [0.1, 0.15) is 5.75 Å². The molecule has 120 valence electrons. The zero-order valence-electron chi connectivity index (χ0n) is 12.0. The number of rotatable bonds is 3. The van der Waals surface area contributed by atoms with Crippen molar-refractivity contribution in [1.82, 2.24) is 5.01 Å². The third kappa shape index (κ3) is 2.66. The summed E-state index contributed by atoms with van der Waals surface area (Å²) in [4.78, 5) is 12.3. The van der Waals surface area contributed by atoms with Gasteiger partial charge in [0.2, 0.25) is 0 Å². The van der Waals surface area contributed by atoms with Crippen LogP contribution < -0.4 is 4.74 Å². The molecule has 0 aliphatic carbocycles. The Bertz CT molecular complexity index is 598. The molecule has 1 atom stereocenters. The number of hydrazone groups is 1. The van der Waals surface area contributed by atoms with E-state index >= 15 is 0 Å². The third-order valence-corrected chi connectivity index (χ3v) is 3.43. The Kier molecular flexibility index (Phi) is 4.15. The van der Waals surface area contributed by atoms with E-state index in [0.29, 0.717) is 5.75 Å².